The Kier molecular flexibility index (Phi) is 4.36. The lowest BCUT2D eigenvalue weighted by atomic mass is 9.89. The van der Waals surface area contributed by atoms with Crippen molar-refractivity contribution in [2.75, 3.05) is 33.8 Å². The highest BCUT2D eigenvalue weighted by Gasteiger charge is 2.47. The molecule has 2 aromatic carbocycles. The van der Waals surface area contributed by atoms with Crippen LogP contribution in [0.4, 0.5) is 0 Å². The minimum absolute atomic E-state index is 0.122. The van der Waals surface area contributed by atoms with Gasteiger partial charge in [-0.15, -0.1) is 0 Å². The molecule has 2 aliphatic heterocycles. The molecule has 5 nitrogen and oxygen atoms in total. The van der Waals surface area contributed by atoms with Crippen LogP contribution in [0.2, 0.25) is 0 Å². The van der Waals surface area contributed by atoms with Crippen molar-refractivity contribution in [2.24, 2.45) is 11.8 Å². The number of carbonyl (C=O) groups excluding carboxylic acids is 1. The smallest absolute Gasteiger partial charge is 0.253 e. The Morgan fingerprint density at radius 3 is 2.62 bits per heavy atom. The van der Waals surface area contributed by atoms with Gasteiger partial charge in [0.15, 0.2) is 0 Å². The number of benzene rings is 2. The zero-order chi connectivity index (χ0) is 20.1. The zero-order valence-electron chi connectivity index (χ0n) is 17.1. The number of fused-ring (bicyclic) bond motifs is 2. The zero-order valence-corrected chi connectivity index (χ0v) is 17.1. The van der Waals surface area contributed by atoms with E-state index in [2.05, 4.69) is 24.1 Å². The monoisotopic (exact) mass is 390 g/mol. The van der Waals surface area contributed by atoms with E-state index in [0.717, 1.165) is 47.7 Å². The largest absolute Gasteiger partial charge is 0.497 e. The van der Waals surface area contributed by atoms with E-state index >= 15 is 0 Å². The Labute approximate surface area is 170 Å². The van der Waals surface area contributed by atoms with Crippen molar-refractivity contribution in [3.63, 3.8) is 0 Å². The molecule has 0 unspecified atom stereocenters. The van der Waals surface area contributed by atoms with Gasteiger partial charge in [-0.3, -0.25) is 9.69 Å². The lowest BCUT2D eigenvalue weighted by Crippen LogP contribution is -2.33. The fraction of sp³-hybridized carbons (Fsp3) is 0.375. The standard InChI is InChI=1S/C24H26N2O3/c1-15-10-18-11-17(6-9-22(18)29-15)24(27)26-13-19-12-25(2)23(21(19)14-26)16-4-7-20(28-3)8-5-16/h4-11,19,21,23H,12-14H2,1-3H3/t19-,21+,23-/m0/s1. The predicted molar refractivity (Wildman–Crippen MR) is 112 cm³/mol. The van der Waals surface area contributed by atoms with Gasteiger partial charge in [0.2, 0.25) is 0 Å². The second kappa shape index (κ2) is 6.92. The highest BCUT2D eigenvalue weighted by molar-refractivity contribution is 5.98. The molecular formula is C24H26N2O3. The second-order valence-corrected chi connectivity index (χ2v) is 8.40. The fourth-order valence-corrected chi connectivity index (χ4v) is 5.22. The molecule has 150 valence electrons. The summed E-state index contributed by atoms with van der Waals surface area (Å²) in [5.74, 6) is 2.83. The van der Waals surface area contributed by atoms with Crippen molar-refractivity contribution in [1.29, 1.82) is 0 Å². The minimum atomic E-state index is 0.122. The molecule has 3 atom stereocenters. The maximum atomic E-state index is 13.2. The summed E-state index contributed by atoms with van der Waals surface area (Å²) >= 11 is 0. The molecule has 2 aliphatic rings. The first kappa shape index (κ1) is 18.3. The van der Waals surface area contributed by atoms with Gasteiger partial charge < -0.3 is 14.1 Å². The van der Waals surface area contributed by atoms with Crippen LogP contribution in [0, 0.1) is 18.8 Å². The minimum Gasteiger partial charge on any atom is -0.497 e. The molecule has 5 heteroatoms. The van der Waals surface area contributed by atoms with Crippen LogP contribution in [0.25, 0.3) is 11.0 Å². The van der Waals surface area contributed by atoms with Gasteiger partial charge in [0.25, 0.3) is 5.91 Å². The number of nitrogens with zero attached hydrogens (tertiary/aromatic N) is 2. The highest BCUT2D eigenvalue weighted by Crippen LogP contribution is 2.44. The van der Waals surface area contributed by atoms with Crippen LogP contribution >= 0.6 is 0 Å². The lowest BCUT2D eigenvalue weighted by molar-refractivity contribution is 0.0768. The molecular weight excluding hydrogens is 364 g/mol. The summed E-state index contributed by atoms with van der Waals surface area (Å²) in [7, 11) is 3.88. The molecule has 2 saturated heterocycles. The predicted octanol–water partition coefficient (Wildman–Crippen LogP) is 4.12. The SMILES string of the molecule is COc1ccc([C@H]2[C@@H]3CN(C(=O)c4ccc5oc(C)cc5c4)C[C@@H]3CN2C)cc1. The lowest BCUT2D eigenvalue weighted by Gasteiger charge is -2.27. The molecule has 0 saturated carbocycles. The number of ether oxygens (including phenoxy) is 1. The molecule has 29 heavy (non-hydrogen) atoms. The normalized spacial score (nSPS) is 24.2. The van der Waals surface area contributed by atoms with Crippen LogP contribution < -0.4 is 4.74 Å². The summed E-state index contributed by atoms with van der Waals surface area (Å²) in [6, 6.07) is 16.4. The molecule has 2 fully saturated rings. The Balaban J connectivity index is 1.37. The average Bonchev–Trinajstić information content (AvgIpc) is 3.37. The quantitative estimate of drug-likeness (QED) is 0.675. The number of hydrogen-bond acceptors (Lipinski definition) is 4. The Hall–Kier alpha value is -2.79. The first-order valence-electron chi connectivity index (χ1n) is 10.2. The van der Waals surface area contributed by atoms with Crippen LogP contribution in [0.1, 0.15) is 27.7 Å². The van der Waals surface area contributed by atoms with E-state index in [1.54, 1.807) is 7.11 Å². The van der Waals surface area contributed by atoms with E-state index in [1.165, 1.54) is 5.56 Å². The molecule has 0 N–H and O–H groups in total. The summed E-state index contributed by atoms with van der Waals surface area (Å²) in [6.07, 6.45) is 0. The number of likely N-dealkylation sites (tertiary alicyclic amines) is 2. The van der Waals surface area contributed by atoms with Gasteiger partial charge in [-0.05, 0) is 61.9 Å². The van der Waals surface area contributed by atoms with Gasteiger partial charge in [-0.2, -0.15) is 0 Å². The Morgan fingerprint density at radius 2 is 1.86 bits per heavy atom. The topological polar surface area (TPSA) is 45.9 Å². The van der Waals surface area contributed by atoms with Crippen LogP contribution in [0.15, 0.2) is 52.9 Å². The van der Waals surface area contributed by atoms with Crippen LogP contribution in [-0.2, 0) is 0 Å². The summed E-state index contributed by atoms with van der Waals surface area (Å²) in [5.41, 5.74) is 2.87. The maximum absolute atomic E-state index is 13.2. The van der Waals surface area contributed by atoms with E-state index in [4.69, 9.17) is 9.15 Å². The van der Waals surface area contributed by atoms with E-state index in [-0.39, 0.29) is 5.91 Å². The second-order valence-electron chi connectivity index (χ2n) is 8.40. The van der Waals surface area contributed by atoms with Crippen molar-refractivity contribution in [1.82, 2.24) is 9.80 Å². The molecule has 3 heterocycles. The Bertz CT molecular complexity index is 1060. The van der Waals surface area contributed by atoms with Gasteiger partial charge in [0, 0.05) is 42.5 Å². The molecule has 1 amide bonds. The van der Waals surface area contributed by atoms with Crippen molar-refractivity contribution in [2.45, 2.75) is 13.0 Å². The molecule has 0 aliphatic carbocycles. The van der Waals surface area contributed by atoms with Crippen LogP contribution in [-0.4, -0.2) is 49.5 Å². The third-order valence-corrected chi connectivity index (χ3v) is 6.53. The van der Waals surface area contributed by atoms with E-state index in [9.17, 15) is 4.79 Å². The summed E-state index contributed by atoms with van der Waals surface area (Å²) in [5, 5.41) is 0.989. The Morgan fingerprint density at radius 1 is 1.07 bits per heavy atom. The van der Waals surface area contributed by atoms with E-state index in [1.807, 2.05) is 48.2 Å². The van der Waals surface area contributed by atoms with Gasteiger partial charge >= 0.3 is 0 Å². The van der Waals surface area contributed by atoms with Gasteiger partial charge in [-0.1, -0.05) is 12.1 Å². The summed E-state index contributed by atoms with van der Waals surface area (Å²) < 4.78 is 10.9. The number of carbonyl (C=O) groups is 1. The number of furan rings is 1. The number of hydrogen-bond donors (Lipinski definition) is 0. The molecule has 5 rings (SSSR count). The first-order chi connectivity index (χ1) is 14.0. The molecule has 0 radical (unpaired) electrons. The van der Waals surface area contributed by atoms with Crippen molar-refractivity contribution in [3.8, 4) is 5.75 Å². The number of amides is 1. The van der Waals surface area contributed by atoms with E-state index in [0.29, 0.717) is 17.9 Å². The number of rotatable bonds is 3. The molecule has 0 bridgehead atoms. The third-order valence-electron chi connectivity index (χ3n) is 6.53. The van der Waals surface area contributed by atoms with Gasteiger partial charge in [0.1, 0.15) is 17.1 Å². The van der Waals surface area contributed by atoms with Crippen molar-refractivity contribution >= 4 is 16.9 Å². The molecule has 1 aromatic heterocycles. The van der Waals surface area contributed by atoms with E-state index < -0.39 is 0 Å². The van der Waals surface area contributed by atoms with Gasteiger partial charge in [0.05, 0.1) is 7.11 Å². The summed E-state index contributed by atoms with van der Waals surface area (Å²) in [4.78, 5) is 17.7. The third kappa shape index (κ3) is 3.10. The summed E-state index contributed by atoms with van der Waals surface area (Å²) in [6.45, 7) is 4.57. The first-order valence-corrected chi connectivity index (χ1v) is 10.2. The molecule has 0 spiro atoms. The van der Waals surface area contributed by atoms with Gasteiger partial charge in [-0.25, -0.2) is 0 Å². The maximum Gasteiger partial charge on any atom is 0.253 e. The molecule has 3 aromatic rings. The average molecular weight is 390 g/mol. The van der Waals surface area contributed by atoms with Crippen molar-refractivity contribution < 1.29 is 13.9 Å². The number of aryl methyl sites for hydroxylation is 1. The van der Waals surface area contributed by atoms with Crippen molar-refractivity contribution in [3.05, 3.63) is 65.4 Å². The fourth-order valence-electron chi connectivity index (χ4n) is 5.22. The van der Waals surface area contributed by atoms with Crippen LogP contribution in [0.3, 0.4) is 0 Å². The van der Waals surface area contributed by atoms with Crippen LogP contribution in [0.5, 0.6) is 5.75 Å². The highest BCUT2D eigenvalue weighted by atomic mass is 16.5. The number of methoxy groups -OCH3 is 1.